The summed E-state index contributed by atoms with van der Waals surface area (Å²) in [4.78, 5) is 0. The first-order valence-electron chi connectivity index (χ1n) is 5.07. The molecule has 2 N–H and O–H groups in total. The Morgan fingerprint density at radius 1 is 1.00 bits per heavy atom. The molecule has 0 aromatic carbocycles. The van der Waals surface area contributed by atoms with Gasteiger partial charge in [-0.3, -0.25) is 0 Å². The van der Waals surface area contributed by atoms with Crippen molar-refractivity contribution >= 4 is 0 Å². The van der Waals surface area contributed by atoms with Gasteiger partial charge in [-0.1, -0.05) is 12.2 Å². The van der Waals surface area contributed by atoms with Crippen molar-refractivity contribution in [3.8, 4) is 0 Å². The van der Waals surface area contributed by atoms with Crippen molar-refractivity contribution in [1.82, 2.24) is 0 Å². The van der Waals surface area contributed by atoms with Crippen LogP contribution in [-0.2, 0) is 0 Å². The SMILES string of the molecule is C=C[C@@H]1CC[C@H](C=C)[C@@](C)(O)[C@@]1(C)O. The molecule has 1 rings (SSSR count). The van der Waals surface area contributed by atoms with Crippen molar-refractivity contribution in [2.45, 2.75) is 37.9 Å². The van der Waals surface area contributed by atoms with E-state index in [9.17, 15) is 10.2 Å². The summed E-state index contributed by atoms with van der Waals surface area (Å²) in [6.45, 7) is 10.8. The monoisotopic (exact) mass is 196 g/mol. The van der Waals surface area contributed by atoms with Crippen LogP contribution >= 0.6 is 0 Å². The maximum atomic E-state index is 10.3. The van der Waals surface area contributed by atoms with Gasteiger partial charge in [0.1, 0.15) is 0 Å². The number of aliphatic hydroxyl groups is 2. The third kappa shape index (κ3) is 1.43. The van der Waals surface area contributed by atoms with Gasteiger partial charge < -0.3 is 10.2 Å². The van der Waals surface area contributed by atoms with E-state index in [0.29, 0.717) is 0 Å². The lowest BCUT2D eigenvalue weighted by Gasteiger charge is -2.50. The number of rotatable bonds is 2. The van der Waals surface area contributed by atoms with Gasteiger partial charge >= 0.3 is 0 Å². The van der Waals surface area contributed by atoms with Gasteiger partial charge in [-0.2, -0.15) is 0 Å². The van der Waals surface area contributed by atoms with Crippen LogP contribution in [0.15, 0.2) is 25.3 Å². The maximum Gasteiger partial charge on any atom is 0.0970 e. The predicted octanol–water partition coefficient (Wildman–Crippen LogP) is 1.89. The van der Waals surface area contributed by atoms with Crippen LogP contribution < -0.4 is 0 Å². The molecule has 0 saturated heterocycles. The van der Waals surface area contributed by atoms with E-state index in [1.54, 1.807) is 26.0 Å². The zero-order valence-corrected chi connectivity index (χ0v) is 9.03. The molecule has 0 unspecified atom stereocenters. The van der Waals surface area contributed by atoms with Gasteiger partial charge in [-0.15, -0.1) is 13.2 Å². The zero-order valence-electron chi connectivity index (χ0n) is 9.03. The normalized spacial score (nSPS) is 48.6. The van der Waals surface area contributed by atoms with Gasteiger partial charge in [0.2, 0.25) is 0 Å². The molecule has 0 spiro atoms. The van der Waals surface area contributed by atoms with Crippen molar-refractivity contribution < 1.29 is 10.2 Å². The van der Waals surface area contributed by atoms with Crippen LogP contribution in [0.4, 0.5) is 0 Å². The highest BCUT2D eigenvalue weighted by molar-refractivity contribution is 5.13. The van der Waals surface area contributed by atoms with Crippen molar-refractivity contribution in [1.29, 1.82) is 0 Å². The van der Waals surface area contributed by atoms with Crippen LogP contribution in [0, 0.1) is 11.8 Å². The standard InChI is InChI=1S/C12H20O2/c1-5-9-7-8-10(6-2)12(4,14)11(9,3)13/h5-6,9-10,13-14H,1-2,7-8H2,3-4H3/t9-,10+,11+,12-. The van der Waals surface area contributed by atoms with Crippen LogP contribution in [-0.4, -0.2) is 21.4 Å². The second-order valence-corrected chi connectivity index (χ2v) is 4.56. The molecule has 1 fully saturated rings. The Labute approximate surface area is 86.0 Å². The first-order valence-corrected chi connectivity index (χ1v) is 5.07. The molecule has 1 aliphatic carbocycles. The minimum absolute atomic E-state index is 0.0475. The fraction of sp³-hybridized carbons (Fsp3) is 0.667. The molecule has 2 nitrogen and oxygen atoms in total. The van der Waals surface area contributed by atoms with E-state index in [1.807, 2.05) is 0 Å². The highest BCUT2D eigenvalue weighted by Crippen LogP contribution is 2.45. The zero-order chi connectivity index (χ0) is 11.0. The summed E-state index contributed by atoms with van der Waals surface area (Å²) < 4.78 is 0. The average Bonchev–Trinajstić information content (AvgIpc) is 2.09. The Hall–Kier alpha value is -0.600. The van der Waals surface area contributed by atoms with E-state index < -0.39 is 11.2 Å². The Bertz CT molecular complexity index is 215. The molecule has 0 aromatic heterocycles. The highest BCUT2D eigenvalue weighted by atomic mass is 16.4. The molecular weight excluding hydrogens is 176 g/mol. The summed E-state index contributed by atoms with van der Waals surface area (Å²) in [5.41, 5.74) is -2.24. The largest absolute Gasteiger partial charge is 0.387 e. The molecule has 1 aliphatic rings. The summed E-state index contributed by atoms with van der Waals surface area (Å²) in [5, 5.41) is 20.6. The van der Waals surface area contributed by atoms with E-state index in [1.165, 1.54) is 0 Å². The van der Waals surface area contributed by atoms with Crippen LogP contribution in [0.25, 0.3) is 0 Å². The molecular formula is C12H20O2. The van der Waals surface area contributed by atoms with Gasteiger partial charge in [0.05, 0.1) is 11.2 Å². The lowest BCUT2D eigenvalue weighted by atomic mass is 9.62. The molecule has 0 radical (unpaired) electrons. The van der Waals surface area contributed by atoms with Gasteiger partial charge in [-0.25, -0.2) is 0 Å². The van der Waals surface area contributed by atoms with E-state index in [2.05, 4.69) is 13.2 Å². The summed E-state index contributed by atoms with van der Waals surface area (Å²) in [5.74, 6) is -0.0950. The Balaban J connectivity index is 3.04. The van der Waals surface area contributed by atoms with E-state index in [0.717, 1.165) is 12.8 Å². The van der Waals surface area contributed by atoms with E-state index >= 15 is 0 Å². The summed E-state index contributed by atoms with van der Waals surface area (Å²) in [6.07, 6.45) is 5.16. The molecule has 0 aromatic rings. The Morgan fingerprint density at radius 2 is 1.29 bits per heavy atom. The fourth-order valence-electron chi connectivity index (χ4n) is 2.37. The first-order chi connectivity index (χ1) is 6.37. The minimum atomic E-state index is -1.12. The number of hydrogen-bond acceptors (Lipinski definition) is 2. The van der Waals surface area contributed by atoms with Gasteiger partial charge in [0.25, 0.3) is 0 Å². The minimum Gasteiger partial charge on any atom is -0.387 e. The van der Waals surface area contributed by atoms with Crippen LogP contribution in [0.2, 0.25) is 0 Å². The van der Waals surface area contributed by atoms with Crippen LogP contribution in [0.5, 0.6) is 0 Å². The van der Waals surface area contributed by atoms with Crippen molar-refractivity contribution in [3.05, 3.63) is 25.3 Å². The lowest BCUT2D eigenvalue weighted by molar-refractivity contribution is -0.192. The summed E-state index contributed by atoms with van der Waals surface area (Å²) in [7, 11) is 0. The van der Waals surface area contributed by atoms with E-state index in [-0.39, 0.29) is 11.8 Å². The quantitative estimate of drug-likeness (QED) is 0.662. The number of hydrogen-bond donors (Lipinski definition) is 2. The predicted molar refractivity (Wildman–Crippen MR) is 57.9 cm³/mol. The summed E-state index contributed by atoms with van der Waals surface area (Å²) >= 11 is 0. The van der Waals surface area contributed by atoms with Crippen molar-refractivity contribution in [2.24, 2.45) is 11.8 Å². The van der Waals surface area contributed by atoms with Crippen molar-refractivity contribution in [2.75, 3.05) is 0 Å². The van der Waals surface area contributed by atoms with E-state index in [4.69, 9.17) is 0 Å². The third-order valence-electron chi connectivity index (χ3n) is 3.83. The summed E-state index contributed by atoms with van der Waals surface area (Å²) in [6, 6.07) is 0. The molecule has 0 heterocycles. The molecule has 2 heteroatoms. The molecule has 4 atom stereocenters. The Kier molecular flexibility index (Phi) is 2.88. The van der Waals surface area contributed by atoms with Crippen LogP contribution in [0.1, 0.15) is 26.7 Å². The van der Waals surface area contributed by atoms with Crippen LogP contribution in [0.3, 0.4) is 0 Å². The average molecular weight is 196 g/mol. The second kappa shape index (κ2) is 3.52. The smallest absolute Gasteiger partial charge is 0.0970 e. The first kappa shape index (κ1) is 11.5. The lowest BCUT2D eigenvalue weighted by Crippen LogP contribution is -2.61. The highest BCUT2D eigenvalue weighted by Gasteiger charge is 2.53. The van der Waals surface area contributed by atoms with Gasteiger partial charge in [0.15, 0.2) is 0 Å². The molecule has 14 heavy (non-hydrogen) atoms. The van der Waals surface area contributed by atoms with Gasteiger partial charge in [0, 0.05) is 11.8 Å². The van der Waals surface area contributed by atoms with Crippen molar-refractivity contribution in [3.63, 3.8) is 0 Å². The molecule has 1 saturated carbocycles. The van der Waals surface area contributed by atoms with Gasteiger partial charge in [-0.05, 0) is 26.7 Å². The molecule has 0 bridgehead atoms. The molecule has 0 aliphatic heterocycles. The second-order valence-electron chi connectivity index (χ2n) is 4.56. The molecule has 80 valence electrons. The Morgan fingerprint density at radius 3 is 1.50 bits per heavy atom. The third-order valence-corrected chi connectivity index (χ3v) is 3.83. The topological polar surface area (TPSA) is 40.5 Å². The molecule has 0 amide bonds. The fourth-order valence-corrected chi connectivity index (χ4v) is 2.37. The maximum absolute atomic E-state index is 10.3.